The van der Waals surface area contributed by atoms with Crippen LogP contribution in [0.25, 0.3) is 0 Å². The molecule has 2 heterocycles. The van der Waals surface area contributed by atoms with Crippen LogP contribution in [0, 0.1) is 0 Å². The number of hydrogen-bond acceptors (Lipinski definition) is 7. The molecule has 10 heteroatoms. The minimum Gasteiger partial charge on any atom is -0.394 e. The molecule has 1 unspecified atom stereocenters. The van der Waals surface area contributed by atoms with Crippen molar-refractivity contribution in [1.82, 2.24) is 10.2 Å². The monoisotopic (exact) mass is 325 g/mol. The maximum absolute atomic E-state index is 12.0. The second-order valence-electron chi connectivity index (χ2n) is 4.76. The van der Waals surface area contributed by atoms with E-state index in [1.807, 2.05) is 0 Å². The molecule has 114 valence electrons. The van der Waals surface area contributed by atoms with Gasteiger partial charge in [0, 0.05) is 6.20 Å². The zero-order chi connectivity index (χ0) is 15.3. The van der Waals surface area contributed by atoms with Gasteiger partial charge < -0.3 is 25.4 Å². The predicted molar refractivity (Wildman–Crippen MR) is 72.6 cm³/mol. The molecule has 0 radical (unpaired) electrons. The summed E-state index contributed by atoms with van der Waals surface area (Å²) in [5.41, 5.74) is 6.03. The number of urea groups is 1. The Balaban J connectivity index is 2.36. The highest BCUT2D eigenvalue weighted by Crippen LogP contribution is 2.39. The average molecular weight is 326 g/mol. The van der Waals surface area contributed by atoms with E-state index in [9.17, 15) is 15.0 Å². The Kier molecular flexibility index (Phi) is 3.97. The third-order valence-electron chi connectivity index (χ3n) is 3.34. The second kappa shape index (κ2) is 5.02. The first-order valence-electron chi connectivity index (χ1n) is 5.79. The number of nitrogens with one attached hydrogen (secondary N) is 1. The van der Waals surface area contributed by atoms with Crippen molar-refractivity contribution in [2.75, 3.05) is 6.61 Å². The Bertz CT molecular complexity index is 462. The lowest BCUT2D eigenvalue weighted by molar-refractivity contribution is -0.0904. The van der Waals surface area contributed by atoms with Crippen LogP contribution in [0.2, 0.25) is 0 Å². The summed E-state index contributed by atoms with van der Waals surface area (Å²) < 4.78 is 5.30. The van der Waals surface area contributed by atoms with Crippen LogP contribution in [0.4, 0.5) is 4.79 Å². The summed E-state index contributed by atoms with van der Waals surface area (Å²) in [6.07, 6.45) is -2.71. The molecule has 0 bridgehead atoms. The van der Waals surface area contributed by atoms with Crippen LogP contribution in [0.3, 0.4) is 0 Å². The third-order valence-corrected chi connectivity index (χ3v) is 4.32. The van der Waals surface area contributed by atoms with Gasteiger partial charge in [0.2, 0.25) is 5.06 Å². The van der Waals surface area contributed by atoms with E-state index in [4.69, 9.17) is 27.2 Å². The van der Waals surface area contributed by atoms with Crippen LogP contribution in [0.1, 0.15) is 6.92 Å². The minimum absolute atomic E-state index is 0.380. The summed E-state index contributed by atoms with van der Waals surface area (Å²) in [5.74, 6) is 0. The summed E-state index contributed by atoms with van der Waals surface area (Å²) in [6, 6.07) is -0.757. The minimum atomic E-state index is -1.84. The molecule has 2 aliphatic rings. The van der Waals surface area contributed by atoms with E-state index in [0.717, 1.165) is 4.90 Å². The number of rotatable bonds is 2. The molecule has 20 heavy (non-hydrogen) atoms. The molecule has 0 spiro atoms. The number of ether oxygens (including phenoxy) is 1. The lowest BCUT2D eigenvalue weighted by atomic mass is 10.1. The smallest absolute Gasteiger partial charge is 0.327 e. The number of nitrogens with two attached hydrogens (primary N) is 1. The lowest BCUT2D eigenvalue weighted by Crippen LogP contribution is -2.64. The van der Waals surface area contributed by atoms with Crippen molar-refractivity contribution < 1.29 is 24.9 Å². The van der Waals surface area contributed by atoms with Crippen molar-refractivity contribution in [1.29, 1.82) is 0 Å². The summed E-state index contributed by atoms with van der Waals surface area (Å²) in [7, 11) is 0. The van der Waals surface area contributed by atoms with Gasteiger partial charge in [0.25, 0.3) is 0 Å². The fraction of sp³-hybridized carbons (Fsp3) is 0.700. The second-order valence-corrected chi connectivity index (χ2v) is 5.99. The van der Waals surface area contributed by atoms with Crippen LogP contribution in [0.5, 0.6) is 0 Å². The molecule has 1 saturated heterocycles. The number of halogens is 1. The number of aliphatic hydroxyl groups is 3. The molecule has 1 fully saturated rings. The molecule has 2 amide bonds. The SMILES string of the molecule is CC1=CN([C@]2(S)O[C@H](CO)[C@@H](O)[C@H]2O)C(=O)NC1(N)Cl. The summed E-state index contributed by atoms with van der Waals surface area (Å²) in [4.78, 5) is 12.9. The maximum atomic E-state index is 12.0. The number of carbonyl (C=O) groups is 1. The first-order valence-corrected chi connectivity index (χ1v) is 6.61. The van der Waals surface area contributed by atoms with E-state index in [2.05, 4.69) is 17.9 Å². The van der Waals surface area contributed by atoms with Crippen molar-refractivity contribution in [2.45, 2.75) is 35.4 Å². The fourth-order valence-corrected chi connectivity index (χ4v) is 2.60. The van der Waals surface area contributed by atoms with Gasteiger partial charge in [0.05, 0.1) is 6.61 Å². The molecule has 2 rings (SSSR count). The molecule has 0 aliphatic carbocycles. The third kappa shape index (κ3) is 2.29. The van der Waals surface area contributed by atoms with Gasteiger partial charge in [-0.05, 0) is 12.5 Å². The zero-order valence-electron chi connectivity index (χ0n) is 10.5. The maximum Gasteiger partial charge on any atom is 0.327 e. The van der Waals surface area contributed by atoms with Crippen LogP contribution in [0.15, 0.2) is 11.8 Å². The van der Waals surface area contributed by atoms with E-state index in [1.54, 1.807) is 6.92 Å². The highest BCUT2D eigenvalue weighted by atomic mass is 35.5. The normalized spacial score (nSPS) is 45.4. The highest BCUT2D eigenvalue weighted by molar-refractivity contribution is 7.81. The standard InChI is InChI=1S/C10H16ClN3O5S/c1-4-2-14(8(18)13-9(4,11)12)10(20)7(17)6(16)5(3-15)19-10/h2,5-7,15-17,20H,3,12H2,1H3,(H,13,18)/t5-,6-,7-,9?,10+/m1/s1. The van der Waals surface area contributed by atoms with Crippen LogP contribution in [-0.4, -0.2) is 61.3 Å². The number of aliphatic hydroxyl groups excluding tert-OH is 3. The summed E-state index contributed by atoms with van der Waals surface area (Å²) in [6.45, 7) is 1.03. The van der Waals surface area contributed by atoms with Gasteiger partial charge in [0.1, 0.15) is 18.3 Å². The topological polar surface area (TPSA) is 128 Å². The van der Waals surface area contributed by atoms with Crippen molar-refractivity contribution >= 4 is 30.3 Å². The van der Waals surface area contributed by atoms with Crippen LogP contribution >= 0.6 is 24.2 Å². The molecular weight excluding hydrogens is 310 g/mol. The molecule has 0 aromatic rings. The quantitative estimate of drug-likeness (QED) is 0.207. The summed E-state index contributed by atoms with van der Waals surface area (Å²) >= 11 is 10.0. The van der Waals surface area contributed by atoms with E-state index >= 15 is 0 Å². The molecule has 5 atom stereocenters. The summed E-state index contributed by atoms with van der Waals surface area (Å²) in [5, 5.41) is 27.8. The van der Waals surface area contributed by atoms with Gasteiger partial charge in [-0.2, -0.15) is 0 Å². The van der Waals surface area contributed by atoms with Gasteiger partial charge >= 0.3 is 6.03 Å². The number of hydrogen-bond donors (Lipinski definition) is 6. The molecule has 6 N–H and O–H groups in total. The Morgan fingerprint density at radius 2 is 2.25 bits per heavy atom. The van der Waals surface area contributed by atoms with Gasteiger partial charge in [0.15, 0.2) is 5.12 Å². The Morgan fingerprint density at radius 1 is 1.65 bits per heavy atom. The molecular formula is C10H16ClN3O5S. The lowest BCUT2D eigenvalue weighted by Gasteiger charge is -2.42. The molecule has 0 saturated carbocycles. The van der Waals surface area contributed by atoms with Crippen molar-refractivity contribution in [3.05, 3.63) is 11.8 Å². The Hall–Kier alpha value is -0.550. The number of thiol groups is 1. The van der Waals surface area contributed by atoms with E-state index in [-0.39, 0.29) is 0 Å². The molecule has 2 aliphatic heterocycles. The van der Waals surface area contributed by atoms with Crippen LogP contribution < -0.4 is 11.1 Å². The van der Waals surface area contributed by atoms with Crippen LogP contribution in [-0.2, 0) is 4.74 Å². The molecule has 0 aromatic carbocycles. The van der Waals surface area contributed by atoms with E-state index < -0.39 is 41.1 Å². The number of nitrogens with zero attached hydrogens (tertiary/aromatic N) is 1. The van der Waals surface area contributed by atoms with Crippen molar-refractivity contribution in [3.8, 4) is 0 Å². The Morgan fingerprint density at radius 3 is 2.75 bits per heavy atom. The van der Waals surface area contributed by atoms with Crippen molar-refractivity contribution in [3.63, 3.8) is 0 Å². The van der Waals surface area contributed by atoms with E-state index in [0.29, 0.717) is 5.57 Å². The number of alkyl halides is 1. The number of carbonyl (C=O) groups excluding carboxylic acids is 1. The largest absolute Gasteiger partial charge is 0.394 e. The average Bonchev–Trinajstić information content (AvgIpc) is 2.58. The van der Waals surface area contributed by atoms with E-state index in [1.165, 1.54) is 6.20 Å². The molecule has 0 aromatic heterocycles. The predicted octanol–water partition coefficient (Wildman–Crippen LogP) is -1.54. The molecule has 8 nitrogen and oxygen atoms in total. The Labute approximate surface area is 125 Å². The zero-order valence-corrected chi connectivity index (χ0v) is 12.2. The van der Waals surface area contributed by atoms with Crippen molar-refractivity contribution in [2.24, 2.45) is 5.73 Å². The highest BCUT2D eigenvalue weighted by Gasteiger charge is 2.58. The first kappa shape index (κ1) is 15.8. The number of amides is 2. The van der Waals surface area contributed by atoms with Gasteiger partial charge in [-0.1, -0.05) is 11.6 Å². The van der Waals surface area contributed by atoms with Gasteiger partial charge in [-0.25, -0.2) is 4.79 Å². The van der Waals surface area contributed by atoms with Gasteiger partial charge in [-0.3, -0.25) is 10.6 Å². The van der Waals surface area contributed by atoms with Gasteiger partial charge in [-0.15, -0.1) is 12.6 Å². The fourth-order valence-electron chi connectivity index (χ4n) is 2.03. The first-order chi connectivity index (χ1) is 9.13.